The van der Waals surface area contributed by atoms with E-state index in [1.54, 1.807) is 6.20 Å². The minimum atomic E-state index is 0. The Bertz CT molecular complexity index is 1960. The molecule has 0 saturated heterocycles. The van der Waals surface area contributed by atoms with Crippen molar-refractivity contribution in [2.24, 2.45) is 0 Å². The summed E-state index contributed by atoms with van der Waals surface area (Å²) in [6.45, 7) is 8.52. The van der Waals surface area contributed by atoms with Gasteiger partial charge < -0.3 is 5.11 Å². The molecule has 6 heteroatoms. The van der Waals surface area contributed by atoms with Crippen LogP contribution in [0.15, 0.2) is 97.2 Å². The van der Waals surface area contributed by atoms with Crippen molar-refractivity contribution in [3.63, 3.8) is 0 Å². The van der Waals surface area contributed by atoms with Gasteiger partial charge in [0.1, 0.15) is 11.6 Å². The summed E-state index contributed by atoms with van der Waals surface area (Å²) in [5.74, 6) is 1.33. The zero-order chi connectivity index (χ0) is 29.4. The summed E-state index contributed by atoms with van der Waals surface area (Å²) in [4.78, 5) is 9.73. The Hall–Kier alpha value is -4.52. The number of pyridine rings is 1. The summed E-state index contributed by atoms with van der Waals surface area (Å²) in [5, 5.41) is 21.5. The van der Waals surface area contributed by atoms with Gasteiger partial charge in [0.15, 0.2) is 0 Å². The number of imidazole rings is 1. The molecule has 0 fully saturated rings. The third-order valence-corrected chi connectivity index (χ3v) is 7.62. The van der Waals surface area contributed by atoms with E-state index in [1.807, 2.05) is 78.9 Å². The molecule has 216 valence electrons. The molecule has 5 nitrogen and oxygen atoms in total. The summed E-state index contributed by atoms with van der Waals surface area (Å²) in [5.41, 5.74) is 8.95. The number of benzene rings is 4. The fraction of sp³-hybridized carbons (Fsp3) is 0.162. The predicted octanol–water partition coefficient (Wildman–Crippen LogP) is 9.04. The van der Waals surface area contributed by atoms with Crippen molar-refractivity contribution in [1.29, 1.82) is 5.26 Å². The second kappa shape index (κ2) is 12.4. The quantitative estimate of drug-likeness (QED) is 0.173. The maximum Gasteiger partial charge on any atom is 0.148 e. The second-order valence-electron chi connectivity index (χ2n) is 11.1. The summed E-state index contributed by atoms with van der Waals surface area (Å²) in [6, 6.07) is 35.5. The van der Waals surface area contributed by atoms with Crippen molar-refractivity contribution < 1.29 is 26.2 Å². The molecule has 0 spiro atoms. The number of aromatic nitrogens is 3. The van der Waals surface area contributed by atoms with Gasteiger partial charge in [-0.05, 0) is 58.9 Å². The molecule has 0 amide bonds. The van der Waals surface area contributed by atoms with Gasteiger partial charge in [-0.15, -0.1) is 23.8 Å². The van der Waals surface area contributed by atoms with Gasteiger partial charge in [0, 0.05) is 38.6 Å². The molecule has 6 aromatic rings. The number of hydrogen-bond acceptors (Lipinski definition) is 4. The van der Waals surface area contributed by atoms with Crippen LogP contribution in [0.2, 0.25) is 0 Å². The first kappa shape index (κ1) is 30.0. The average molecular weight is 743 g/mol. The molecule has 1 N–H and O–H groups in total. The number of fused-ring (bicyclic) bond motifs is 1. The largest absolute Gasteiger partial charge is 0.507 e. The Morgan fingerprint density at radius 3 is 2.23 bits per heavy atom. The van der Waals surface area contributed by atoms with Crippen LogP contribution in [0.3, 0.4) is 0 Å². The Balaban J connectivity index is 0.00000368. The standard InChI is InChI=1S/C37H31N4O.Pt/c1-23(2)26-20-31(24(3)4)36(42)32(21-26)37-40-35-30(13-10-15-34(35)41(37)29-11-6-5-7-12-29)27-17-25(22-38)18-28(19-27)33-14-8-9-16-39-33;/h5-18,20-21,23-24,42H,1-4H3;/q-1;. The first-order valence-corrected chi connectivity index (χ1v) is 14.2. The molecule has 0 atom stereocenters. The normalized spacial score (nSPS) is 11.1. The number of rotatable bonds is 6. The van der Waals surface area contributed by atoms with Gasteiger partial charge in [0.25, 0.3) is 0 Å². The number of hydrogen-bond donors (Lipinski definition) is 1. The van der Waals surface area contributed by atoms with Crippen LogP contribution in [-0.4, -0.2) is 19.6 Å². The van der Waals surface area contributed by atoms with Crippen LogP contribution >= 0.6 is 0 Å². The van der Waals surface area contributed by atoms with Crippen LogP contribution < -0.4 is 0 Å². The number of phenolic OH excluding ortho intramolecular Hbond substituents is 1. The summed E-state index contributed by atoms with van der Waals surface area (Å²) >= 11 is 0. The summed E-state index contributed by atoms with van der Waals surface area (Å²) in [7, 11) is 0. The fourth-order valence-electron chi connectivity index (χ4n) is 5.40. The molecule has 0 aliphatic carbocycles. The predicted molar refractivity (Wildman–Crippen MR) is 169 cm³/mol. The summed E-state index contributed by atoms with van der Waals surface area (Å²) in [6.07, 6.45) is 1.74. The minimum absolute atomic E-state index is 0. The molecule has 0 aliphatic heterocycles. The molecular formula is C37H31N4OPt-. The first-order valence-electron chi connectivity index (χ1n) is 14.2. The van der Waals surface area contributed by atoms with E-state index in [0.29, 0.717) is 17.0 Å². The van der Waals surface area contributed by atoms with Crippen LogP contribution in [-0.2, 0) is 21.1 Å². The third-order valence-electron chi connectivity index (χ3n) is 7.62. The third kappa shape index (κ3) is 5.64. The van der Waals surface area contributed by atoms with Gasteiger partial charge in [0.2, 0.25) is 0 Å². The van der Waals surface area contributed by atoms with Crippen LogP contribution in [0.1, 0.15) is 56.2 Å². The van der Waals surface area contributed by atoms with E-state index in [2.05, 4.69) is 61.5 Å². The maximum absolute atomic E-state index is 11.6. The number of phenols is 1. The van der Waals surface area contributed by atoms with E-state index in [9.17, 15) is 10.4 Å². The van der Waals surface area contributed by atoms with Gasteiger partial charge in [-0.2, -0.15) is 5.26 Å². The van der Waals surface area contributed by atoms with Gasteiger partial charge in [-0.25, -0.2) is 4.98 Å². The Morgan fingerprint density at radius 1 is 0.814 bits per heavy atom. The van der Waals surface area contributed by atoms with Crippen molar-refractivity contribution >= 4 is 11.0 Å². The smallest absolute Gasteiger partial charge is 0.148 e. The van der Waals surface area contributed by atoms with Crippen LogP contribution in [0.5, 0.6) is 5.75 Å². The van der Waals surface area contributed by atoms with E-state index < -0.39 is 0 Å². The number of nitrogens with zero attached hydrogens (tertiary/aromatic N) is 4. The number of nitriles is 1. The monoisotopic (exact) mass is 742 g/mol. The van der Waals surface area contributed by atoms with Crippen molar-refractivity contribution in [2.45, 2.75) is 39.5 Å². The van der Waals surface area contributed by atoms with Crippen molar-refractivity contribution in [2.75, 3.05) is 0 Å². The zero-order valence-electron chi connectivity index (χ0n) is 24.4. The van der Waals surface area contributed by atoms with Gasteiger partial charge in [-0.3, -0.25) is 9.55 Å². The van der Waals surface area contributed by atoms with E-state index in [1.165, 1.54) is 0 Å². The minimum Gasteiger partial charge on any atom is -0.507 e. The second-order valence-corrected chi connectivity index (χ2v) is 11.1. The van der Waals surface area contributed by atoms with Crippen molar-refractivity contribution in [1.82, 2.24) is 14.5 Å². The van der Waals surface area contributed by atoms with Gasteiger partial charge >= 0.3 is 0 Å². The molecule has 0 radical (unpaired) electrons. The molecular weight excluding hydrogens is 712 g/mol. The maximum atomic E-state index is 11.6. The molecule has 0 bridgehead atoms. The molecule has 0 aliphatic rings. The molecule has 6 rings (SSSR count). The number of para-hydroxylation sites is 2. The SMILES string of the molecule is CC(C)c1cc(-c2nc3c(-c4[c-]c(-c5ccccn5)cc(C#N)c4)cccc3n2-c2ccccc2)c(O)c(C(C)C)c1.[Pt]. The molecule has 43 heavy (non-hydrogen) atoms. The molecule has 0 saturated carbocycles. The first-order chi connectivity index (χ1) is 20.4. The van der Waals surface area contributed by atoms with Crippen molar-refractivity contribution in [3.8, 4) is 51.3 Å². The van der Waals surface area contributed by atoms with E-state index in [-0.39, 0.29) is 38.7 Å². The summed E-state index contributed by atoms with van der Waals surface area (Å²) < 4.78 is 2.11. The molecule has 4 aromatic carbocycles. The molecule has 2 aromatic heterocycles. The number of aromatic hydroxyl groups is 1. The van der Waals surface area contributed by atoms with Crippen LogP contribution in [0, 0.1) is 17.4 Å². The Morgan fingerprint density at radius 2 is 1.56 bits per heavy atom. The van der Waals surface area contributed by atoms with Gasteiger partial charge in [0.05, 0.1) is 22.7 Å². The van der Waals surface area contributed by atoms with E-state index in [0.717, 1.165) is 50.2 Å². The molecule has 2 heterocycles. The zero-order valence-corrected chi connectivity index (χ0v) is 26.7. The van der Waals surface area contributed by atoms with Crippen LogP contribution in [0.4, 0.5) is 0 Å². The topological polar surface area (TPSA) is 74.7 Å². The van der Waals surface area contributed by atoms with E-state index >= 15 is 0 Å². The Kier molecular flexibility index (Phi) is 8.62. The van der Waals surface area contributed by atoms with Crippen molar-refractivity contribution in [3.05, 3.63) is 120 Å². The van der Waals surface area contributed by atoms with Gasteiger partial charge in [-0.1, -0.05) is 87.4 Å². The molecule has 0 unspecified atom stereocenters. The van der Waals surface area contributed by atoms with Crippen LogP contribution in [0.25, 0.3) is 50.5 Å². The average Bonchev–Trinajstić information content (AvgIpc) is 3.41. The van der Waals surface area contributed by atoms with E-state index in [4.69, 9.17) is 4.98 Å². The Labute approximate surface area is 266 Å². The fourth-order valence-corrected chi connectivity index (χ4v) is 5.40.